The van der Waals surface area contributed by atoms with Crippen LogP contribution in [0, 0.1) is 13.8 Å². The van der Waals surface area contributed by atoms with Gasteiger partial charge in [-0.1, -0.05) is 11.6 Å². The molecule has 0 spiro atoms. The SMILES string of the molecule is COC(=O)c1c(C)[nH]c(C(=O)[C@H](C)[NH+](C)CC(=O)Nc2ccc(Cl)cc2)c1C. The zero-order valence-electron chi connectivity index (χ0n) is 16.6. The van der Waals surface area contributed by atoms with Crippen LogP contribution in [0.15, 0.2) is 24.3 Å². The van der Waals surface area contributed by atoms with Gasteiger partial charge in [0, 0.05) is 16.4 Å². The number of carbonyl (C=O) groups is 3. The lowest BCUT2D eigenvalue weighted by molar-refractivity contribution is -0.885. The maximum absolute atomic E-state index is 12.9. The van der Waals surface area contributed by atoms with Crippen LogP contribution in [0.1, 0.15) is 39.0 Å². The van der Waals surface area contributed by atoms with Crippen molar-refractivity contribution >= 4 is 34.9 Å². The van der Waals surface area contributed by atoms with E-state index in [4.69, 9.17) is 16.3 Å². The number of halogens is 1. The molecule has 8 heteroatoms. The molecule has 0 aliphatic carbocycles. The molecule has 0 fully saturated rings. The van der Waals surface area contributed by atoms with Gasteiger partial charge >= 0.3 is 5.97 Å². The van der Waals surface area contributed by atoms with Gasteiger partial charge in [0.05, 0.1) is 25.4 Å². The highest BCUT2D eigenvalue weighted by atomic mass is 35.5. The number of benzene rings is 1. The number of quaternary nitrogens is 1. The number of esters is 1. The number of nitrogens with one attached hydrogen (secondary N) is 3. The summed E-state index contributed by atoms with van der Waals surface area (Å²) in [5.74, 6) is -0.873. The van der Waals surface area contributed by atoms with Crippen LogP contribution in [0.3, 0.4) is 0 Å². The van der Waals surface area contributed by atoms with E-state index in [1.807, 2.05) is 0 Å². The van der Waals surface area contributed by atoms with Crippen LogP contribution in [0.2, 0.25) is 5.02 Å². The van der Waals surface area contributed by atoms with Crippen LogP contribution in [0.25, 0.3) is 0 Å². The lowest BCUT2D eigenvalue weighted by atomic mass is 10.0. The van der Waals surface area contributed by atoms with Gasteiger partial charge in [-0.15, -0.1) is 0 Å². The first-order chi connectivity index (χ1) is 13.1. The van der Waals surface area contributed by atoms with Gasteiger partial charge in [-0.25, -0.2) is 4.79 Å². The largest absolute Gasteiger partial charge is 0.465 e. The number of aromatic nitrogens is 1. The number of hydrogen-bond donors (Lipinski definition) is 3. The first-order valence-electron chi connectivity index (χ1n) is 8.85. The molecule has 2 atom stereocenters. The minimum Gasteiger partial charge on any atom is -0.465 e. The van der Waals surface area contributed by atoms with Crippen molar-refractivity contribution in [1.29, 1.82) is 0 Å². The van der Waals surface area contributed by atoms with Crippen LogP contribution in [-0.2, 0) is 9.53 Å². The molecule has 1 aromatic heterocycles. The monoisotopic (exact) mass is 406 g/mol. The van der Waals surface area contributed by atoms with Gasteiger partial charge in [0.25, 0.3) is 5.91 Å². The van der Waals surface area contributed by atoms with E-state index in [1.165, 1.54) is 7.11 Å². The molecular weight excluding hydrogens is 382 g/mol. The summed E-state index contributed by atoms with van der Waals surface area (Å²) < 4.78 is 4.78. The summed E-state index contributed by atoms with van der Waals surface area (Å²) in [5, 5.41) is 3.37. The number of ether oxygens (including phenoxy) is 1. The van der Waals surface area contributed by atoms with Crippen molar-refractivity contribution < 1.29 is 24.0 Å². The second kappa shape index (κ2) is 9.03. The molecule has 2 aromatic rings. The van der Waals surface area contributed by atoms with Gasteiger partial charge in [0.15, 0.2) is 12.6 Å². The molecule has 0 saturated carbocycles. The van der Waals surface area contributed by atoms with E-state index >= 15 is 0 Å². The summed E-state index contributed by atoms with van der Waals surface area (Å²) in [5.41, 5.74) is 2.51. The molecule has 150 valence electrons. The van der Waals surface area contributed by atoms with Crippen molar-refractivity contribution in [1.82, 2.24) is 4.98 Å². The Balaban J connectivity index is 2.07. The molecule has 1 amide bonds. The lowest BCUT2D eigenvalue weighted by Crippen LogP contribution is -3.14. The Bertz CT molecular complexity index is 890. The quantitative estimate of drug-likeness (QED) is 0.483. The smallest absolute Gasteiger partial charge is 0.339 e. The molecule has 2 rings (SSSR count). The second-order valence-electron chi connectivity index (χ2n) is 6.78. The van der Waals surface area contributed by atoms with Gasteiger partial charge in [-0.2, -0.15) is 0 Å². The number of aromatic amines is 1. The molecular formula is C20H25ClN3O4+. The van der Waals surface area contributed by atoms with Crippen molar-refractivity contribution in [2.24, 2.45) is 0 Å². The van der Waals surface area contributed by atoms with Crippen molar-refractivity contribution in [3.05, 3.63) is 51.8 Å². The molecule has 0 saturated heterocycles. The van der Waals surface area contributed by atoms with Crippen LogP contribution >= 0.6 is 11.6 Å². The summed E-state index contributed by atoms with van der Waals surface area (Å²) in [6.07, 6.45) is 0. The number of anilines is 1. The summed E-state index contributed by atoms with van der Waals surface area (Å²) in [6, 6.07) is 6.32. The molecule has 0 aliphatic rings. The number of amides is 1. The number of aryl methyl sites for hydroxylation is 1. The Morgan fingerprint density at radius 1 is 1.21 bits per heavy atom. The predicted octanol–water partition coefficient (Wildman–Crippen LogP) is 1.80. The van der Waals surface area contributed by atoms with Crippen molar-refractivity contribution in [2.45, 2.75) is 26.8 Å². The molecule has 1 aromatic carbocycles. The Hall–Kier alpha value is -2.64. The molecule has 0 bridgehead atoms. The number of H-pyrrole nitrogens is 1. The first kappa shape index (κ1) is 21.7. The molecule has 0 aliphatic heterocycles. The first-order valence-corrected chi connectivity index (χ1v) is 9.22. The molecule has 3 N–H and O–H groups in total. The van der Waals surface area contributed by atoms with Crippen LogP contribution in [0.5, 0.6) is 0 Å². The standard InChI is InChI=1S/C20H24ClN3O4/c1-11-17(20(27)28-5)12(2)22-18(11)19(26)13(3)24(4)10-16(25)23-15-8-6-14(21)7-9-15/h6-9,13,22H,10H2,1-5H3,(H,23,25)/p+1/t13-/m0/s1. The third-order valence-electron chi connectivity index (χ3n) is 4.77. The summed E-state index contributed by atoms with van der Waals surface area (Å²) in [4.78, 5) is 40.8. The normalized spacial score (nSPS) is 12.9. The Labute approximate surface area is 169 Å². The molecule has 0 radical (unpaired) electrons. The summed E-state index contributed by atoms with van der Waals surface area (Å²) >= 11 is 5.84. The fourth-order valence-corrected chi connectivity index (χ4v) is 3.12. The molecule has 1 unspecified atom stereocenters. The van der Waals surface area contributed by atoms with Crippen molar-refractivity contribution in [3.63, 3.8) is 0 Å². The van der Waals surface area contributed by atoms with Crippen molar-refractivity contribution in [3.8, 4) is 0 Å². The minimum atomic E-state index is -0.488. The topological polar surface area (TPSA) is 92.7 Å². The average Bonchev–Trinajstić information content (AvgIpc) is 2.95. The number of Topliss-reactive ketones (excluding diaryl/α,β-unsaturated/α-hetero) is 1. The van der Waals surface area contributed by atoms with E-state index in [0.717, 1.165) is 4.90 Å². The zero-order chi connectivity index (χ0) is 21.0. The van der Waals surface area contributed by atoms with Gasteiger partial charge in [0.2, 0.25) is 5.78 Å². The van der Waals surface area contributed by atoms with Gasteiger partial charge < -0.3 is 19.9 Å². The van der Waals surface area contributed by atoms with Gasteiger partial charge in [-0.3, -0.25) is 9.59 Å². The third-order valence-corrected chi connectivity index (χ3v) is 5.03. The third kappa shape index (κ3) is 4.79. The van der Waals surface area contributed by atoms with Crippen LogP contribution in [-0.4, -0.2) is 49.4 Å². The highest BCUT2D eigenvalue weighted by molar-refractivity contribution is 6.30. The fraction of sp³-hybridized carbons (Fsp3) is 0.350. The number of carbonyl (C=O) groups excluding carboxylic acids is 3. The number of methoxy groups -OCH3 is 1. The number of likely N-dealkylation sites (N-methyl/N-ethyl adjacent to an activating group) is 1. The maximum atomic E-state index is 12.9. The van der Waals surface area contributed by atoms with Gasteiger partial charge in [-0.05, 0) is 50.6 Å². The van der Waals surface area contributed by atoms with Crippen LogP contribution < -0.4 is 10.2 Å². The Morgan fingerprint density at radius 3 is 2.39 bits per heavy atom. The summed E-state index contributed by atoms with van der Waals surface area (Å²) in [6.45, 7) is 5.29. The lowest BCUT2D eigenvalue weighted by Gasteiger charge is -2.20. The van der Waals surface area contributed by atoms with E-state index in [0.29, 0.717) is 33.2 Å². The van der Waals surface area contributed by atoms with E-state index in [-0.39, 0.29) is 18.2 Å². The maximum Gasteiger partial charge on any atom is 0.339 e. The van der Waals surface area contributed by atoms with E-state index in [1.54, 1.807) is 52.1 Å². The fourth-order valence-electron chi connectivity index (χ4n) is 2.99. The van der Waals surface area contributed by atoms with E-state index in [2.05, 4.69) is 10.3 Å². The average molecular weight is 407 g/mol. The van der Waals surface area contributed by atoms with E-state index < -0.39 is 12.0 Å². The highest BCUT2D eigenvalue weighted by Gasteiger charge is 2.30. The number of ketones is 1. The highest BCUT2D eigenvalue weighted by Crippen LogP contribution is 2.20. The molecule has 1 heterocycles. The second-order valence-corrected chi connectivity index (χ2v) is 7.22. The zero-order valence-corrected chi connectivity index (χ0v) is 17.4. The predicted molar refractivity (Wildman–Crippen MR) is 107 cm³/mol. The number of rotatable bonds is 7. The Kier molecular flexibility index (Phi) is 6.99. The van der Waals surface area contributed by atoms with Crippen LogP contribution in [0.4, 0.5) is 5.69 Å². The minimum absolute atomic E-state index is 0.109. The Morgan fingerprint density at radius 2 is 1.82 bits per heavy atom. The van der Waals surface area contributed by atoms with E-state index in [9.17, 15) is 14.4 Å². The summed E-state index contributed by atoms with van der Waals surface area (Å²) in [7, 11) is 3.08. The molecule has 7 nitrogen and oxygen atoms in total. The number of hydrogen-bond acceptors (Lipinski definition) is 4. The molecule has 28 heavy (non-hydrogen) atoms. The van der Waals surface area contributed by atoms with Gasteiger partial charge in [0.1, 0.15) is 0 Å². The van der Waals surface area contributed by atoms with Crippen molar-refractivity contribution in [2.75, 3.05) is 26.0 Å².